The molecular weight excluding hydrogens is 807 g/mol. The third kappa shape index (κ3) is 52.5. The largest absolute Gasteiger partial charge is 0.394 e. The summed E-state index contributed by atoms with van der Waals surface area (Å²) in [6, 6.07) is -0.574. The van der Waals surface area contributed by atoms with Crippen LogP contribution in [0.3, 0.4) is 0 Å². The summed E-state index contributed by atoms with van der Waals surface area (Å²) >= 11 is 0. The van der Waals surface area contributed by atoms with Crippen molar-refractivity contribution in [2.24, 2.45) is 0 Å². The number of carbonyl (C=O) groups excluding carboxylic acids is 1. The van der Waals surface area contributed by atoms with Crippen molar-refractivity contribution < 1.29 is 15.0 Å². The molecule has 2 unspecified atom stereocenters. The van der Waals surface area contributed by atoms with Crippen LogP contribution in [-0.2, 0) is 4.79 Å². The zero-order valence-corrected chi connectivity index (χ0v) is 43.9. The summed E-state index contributed by atoms with van der Waals surface area (Å²) in [6.45, 7) is 4.24. The molecule has 0 fully saturated rings. The molecule has 2 atom stereocenters. The number of unbranched alkanes of at least 4 members (excludes halogenated alkanes) is 31. The van der Waals surface area contributed by atoms with Crippen molar-refractivity contribution >= 4 is 5.91 Å². The molecule has 0 heterocycles. The Bertz CT molecular complexity index is 1180. The van der Waals surface area contributed by atoms with Crippen molar-refractivity contribution in [3.63, 3.8) is 0 Å². The number of aliphatic hydroxyl groups is 2. The van der Waals surface area contributed by atoms with E-state index in [-0.39, 0.29) is 12.5 Å². The third-order valence-corrected chi connectivity index (χ3v) is 12.9. The minimum absolute atomic E-state index is 0.0886. The van der Waals surface area contributed by atoms with Crippen LogP contribution in [0, 0.1) is 0 Å². The first-order valence-electron chi connectivity index (χ1n) is 28.8. The Morgan fingerprint density at radius 1 is 0.379 bits per heavy atom. The van der Waals surface area contributed by atoms with Gasteiger partial charge in [0.25, 0.3) is 0 Å². The van der Waals surface area contributed by atoms with Crippen LogP contribution in [-0.4, -0.2) is 34.9 Å². The van der Waals surface area contributed by atoms with Crippen molar-refractivity contribution in [1.29, 1.82) is 0 Å². The predicted octanol–water partition coefficient (Wildman–Crippen LogP) is 19.1. The van der Waals surface area contributed by atoms with E-state index in [9.17, 15) is 15.0 Å². The van der Waals surface area contributed by atoms with Gasteiger partial charge in [0.15, 0.2) is 0 Å². The van der Waals surface area contributed by atoms with E-state index in [1.54, 1.807) is 0 Å². The Hall–Kier alpha value is -2.43. The summed E-state index contributed by atoms with van der Waals surface area (Å²) < 4.78 is 0. The van der Waals surface area contributed by atoms with E-state index in [1.807, 2.05) is 0 Å². The SMILES string of the molecule is CC/C=C\C/C=C\C/C=C\C/C=C\C/C=C\C/C=C\C/C=C\CCCC(=O)NC(CO)C(O)CCCCCCCCCCCCCCCCCCCCCCCCCCCCCCCCC. The lowest BCUT2D eigenvalue weighted by Crippen LogP contribution is -2.45. The van der Waals surface area contributed by atoms with Crippen molar-refractivity contribution in [1.82, 2.24) is 5.32 Å². The highest BCUT2D eigenvalue weighted by atomic mass is 16.3. The molecule has 0 aromatic rings. The molecule has 66 heavy (non-hydrogen) atoms. The van der Waals surface area contributed by atoms with Gasteiger partial charge in [-0.15, -0.1) is 0 Å². The summed E-state index contributed by atoms with van der Waals surface area (Å²) in [5.74, 6) is -0.0886. The maximum Gasteiger partial charge on any atom is 0.220 e. The second-order valence-electron chi connectivity index (χ2n) is 19.3. The maximum absolute atomic E-state index is 12.5. The zero-order chi connectivity index (χ0) is 47.7. The monoisotopic (exact) mass is 918 g/mol. The van der Waals surface area contributed by atoms with Crippen molar-refractivity contribution in [2.75, 3.05) is 6.61 Å². The normalized spacial score (nSPS) is 13.5. The first kappa shape index (κ1) is 63.6. The Morgan fingerprint density at radius 3 is 0.939 bits per heavy atom. The fourth-order valence-corrected chi connectivity index (χ4v) is 8.59. The molecule has 0 aliphatic rings. The highest BCUT2D eigenvalue weighted by molar-refractivity contribution is 5.76. The molecule has 382 valence electrons. The van der Waals surface area contributed by atoms with Gasteiger partial charge in [-0.1, -0.05) is 298 Å². The number of amides is 1. The van der Waals surface area contributed by atoms with Gasteiger partial charge in [0.2, 0.25) is 5.91 Å². The van der Waals surface area contributed by atoms with Crippen LogP contribution in [0.2, 0.25) is 0 Å². The quantitative estimate of drug-likeness (QED) is 0.0421. The summed E-state index contributed by atoms with van der Waals surface area (Å²) in [5.41, 5.74) is 0. The van der Waals surface area contributed by atoms with Crippen LogP contribution >= 0.6 is 0 Å². The molecule has 0 aromatic heterocycles. The Morgan fingerprint density at radius 2 is 0.652 bits per heavy atom. The molecule has 0 rings (SSSR count). The minimum atomic E-state index is -0.691. The molecule has 0 radical (unpaired) electrons. The number of hydrogen-bond donors (Lipinski definition) is 3. The van der Waals surface area contributed by atoms with Gasteiger partial charge in [0, 0.05) is 6.42 Å². The van der Waals surface area contributed by atoms with E-state index in [0.717, 1.165) is 70.6 Å². The number of allylic oxidation sites excluding steroid dienone is 14. The lowest BCUT2D eigenvalue weighted by Gasteiger charge is -2.22. The van der Waals surface area contributed by atoms with Gasteiger partial charge >= 0.3 is 0 Å². The zero-order valence-electron chi connectivity index (χ0n) is 43.9. The van der Waals surface area contributed by atoms with Crippen molar-refractivity contribution in [3.8, 4) is 0 Å². The maximum atomic E-state index is 12.5. The average molecular weight is 919 g/mol. The fraction of sp³-hybridized carbons (Fsp3) is 0.758. The topological polar surface area (TPSA) is 69.6 Å². The first-order valence-corrected chi connectivity index (χ1v) is 28.8. The highest BCUT2D eigenvalue weighted by Gasteiger charge is 2.20. The number of aliphatic hydroxyl groups excluding tert-OH is 2. The molecule has 4 nitrogen and oxygen atoms in total. The number of hydrogen-bond acceptors (Lipinski definition) is 3. The van der Waals surface area contributed by atoms with Gasteiger partial charge in [-0.3, -0.25) is 4.79 Å². The third-order valence-electron chi connectivity index (χ3n) is 12.9. The molecule has 0 saturated carbocycles. The molecular formula is C62H111NO3. The first-order chi connectivity index (χ1) is 32.7. The molecule has 0 aliphatic heterocycles. The number of rotatable bonds is 52. The predicted molar refractivity (Wildman–Crippen MR) is 294 cm³/mol. The van der Waals surface area contributed by atoms with Crippen LogP contribution < -0.4 is 5.32 Å². The molecule has 0 saturated heterocycles. The highest BCUT2D eigenvalue weighted by Crippen LogP contribution is 2.17. The summed E-state index contributed by atoms with van der Waals surface area (Å²) in [5, 5.41) is 23.3. The van der Waals surface area contributed by atoms with Crippen LogP contribution in [0.4, 0.5) is 0 Å². The molecule has 0 spiro atoms. The molecule has 0 bridgehead atoms. The van der Waals surface area contributed by atoms with E-state index in [1.165, 1.54) is 186 Å². The van der Waals surface area contributed by atoms with E-state index in [4.69, 9.17) is 0 Å². The Labute approximate surface area is 411 Å². The van der Waals surface area contributed by atoms with Gasteiger partial charge in [0.1, 0.15) is 0 Å². The summed E-state index contributed by atoms with van der Waals surface area (Å²) in [6.07, 6.45) is 83.0. The van der Waals surface area contributed by atoms with Gasteiger partial charge in [-0.25, -0.2) is 0 Å². The van der Waals surface area contributed by atoms with Crippen LogP contribution in [0.15, 0.2) is 85.1 Å². The fourth-order valence-electron chi connectivity index (χ4n) is 8.59. The van der Waals surface area contributed by atoms with E-state index in [0.29, 0.717) is 12.8 Å². The lowest BCUT2D eigenvalue weighted by molar-refractivity contribution is -0.123. The molecule has 0 aromatic carbocycles. The van der Waals surface area contributed by atoms with Gasteiger partial charge in [0.05, 0.1) is 18.8 Å². The summed E-state index contributed by atoms with van der Waals surface area (Å²) in [4.78, 5) is 12.5. The molecule has 1 amide bonds. The van der Waals surface area contributed by atoms with Crippen LogP contribution in [0.1, 0.15) is 284 Å². The smallest absolute Gasteiger partial charge is 0.220 e. The van der Waals surface area contributed by atoms with E-state index in [2.05, 4.69) is 104 Å². The second-order valence-corrected chi connectivity index (χ2v) is 19.3. The summed E-state index contributed by atoms with van der Waals surface area (Å²) in [7, 11) is 0. The van der Waals surface area contributed by atoms with Crippen LogP contribution in [0.25, 0.3) is 0 Å². The van der Waals surface area contributed by atoms with Gasteiger partial charge in [-0.2, -0.15) is 0 Å². The van der Waals surface area contributed by atoms with Gasteiger partial charge < -0.3 is 15.5 Å². The second kappa shape index (κ2) is 56.9. The average Bonchev–Trinajstić information content (AvgIpc) is 3.32. The Balaban J connectivity index is 3.53. The number of carbonyl (C=O) groups is 1. The molecule has 4 heteroatoms. The van der Waals surface area contributed by atoms with Crippen LogP contribution in [0.5, 0.6) is 0 Å². The van der Waals surface area contributed by atoms with Gasteiger partial charge in [-0.05, 0) is 64.2 Å². The molecule has 0 aliphatic carbocycles. The van der Waals surface area contributed by atoms with Crippen molar-refractivity contribution in [2.45, 2.75) is 296 Å². The van der Waals surface area contributed by atoms with E-state index >= 15 is 0 Å². The van der Waals surface area contributed by atoms with E-state index < -0.39 is 12.1 Å². The standard InChI is InChI=1S/C62H111NO3/c1-3-5-7-9-11-13-15-17-19-21-23-25-27-28-29-30-31-32-33-34-36-37-39-41-43-45-47-49-51-53-55-57-61(65)60(59-64)63-62(66)58-56-54-52-50-48-46-44-42-40-38-35-26-24-22-20-18-16-14-12-10-8-6-4-2/h6,8,12,14,18,20,24,26,38,40,44,46,50,52,60-61,64-65H,3-5,7,9-11,13,15-17,19,21-23,25,27-37,39,41-43,45,47-49,51,53-59H2,1-2H3,(H,63,66)/b8-6-,14-12-,20-18-,26-24-,40-38-,46-44-,52-50-. The number of nitrogens with one attached hydrogen (secondary N) is 1. The lowest BCUT2D eigenvalue weighted by atomic mass is 10.0. The minimum Gasteiger partial charge on any atom is -0.394 e. The Kier molecular flexibility index (Phi) is 54.8. The molecule has 3 N–H and O–H groups in total. The van der Waals surface area contributed by atoms with Crippen molar-refractivity contribution in [3.05, 3.63) is 85.1 Å².